The van der Waals surface area contributed by atoms with E-state index in [1.165, 1.54) is 5.56 Å². The number of rotatable bonds is 6. The average molecular weight is 406 g/mol. The first-order valence-corrected chi connectivity index (χ1v) is 10.7. The summed E-state index contributed by atoms with van der Waals surface area (Å²) in [7, 11) is 0. The molecule has 1 atom stereocenters. The van der Waals surface area contributed by atoms with Gasteiger partial charge in [-0.05, 0) is 42.3 Å². The molecular weight excluding hydrogens is 382 g/mol. The summed E-state index contributed by atoms with van der Waals surface area (Å²) in [5.41, 5.74) is 2.91. The minimum Gasteiger partial charge on any atom is -0.486 e. The molecule has 0 saturated heterocycles. The highest BCUT2D eigenvalue weighted by molar-refractivity contribution is 7.98. The molecule has 1 amide bonds. The Kier molecular flexibility index (Phi) is 6.06. The second kappa shape index (κ2) is 9.05. The molecule has 0 aliphatic carbocycles. The van der Waals surface area contributed by atoms with Gasteiger partial charge >= 0.3 is 0 Å². The van der Waals surface area contributed by atoms with E-state index in [0.717, 1.165) is 27.7 Å². The molecule has 3 aromatic carbocycles. The SMILES string of the molecule is C[C@@H](NC(=O)c1ccccc1SCc1ccccc1)c1ccc2c(c1)OCCO2. The van der Waals surface area contributed by atoms with Crippen LogP contribution in [0.25, 0.3) is 0 Å². The van der Waals surface area contributed by atoms with E-state index in [0.29, 0.717) is 18.8 Å². The fraction of sp³-hybridized carbons (Fsp3) is 0.208. The first-order valence-electron chi connectivity index (χ1n) is 9.67. The van der Waals surface area contributed by atoms with Crippen LogP contribution in [0.5, 0.6) is 11.5 Å². The van der Waals surface area contributed by atoms with Gasteiger partial charge in [0.05, 0.1) is 11.6 Å². The number of fused-ring (bicyclic) bond motifs is 1. The lowest BCUT2D eigenvalue weighted by atomic mass is 10.1. The maximum Gasteiger partial charge on any atom is 0.252 e. The van der Waals surface area contributed by atoms with Crippen molar-refractivity contribution < 1.29 is 14.3 Å². The number of amides is 1. The van der Waals surface area contributed by atoms with Crippen LogP contribution in [0.4, 0.5) is 0 Å². The summed E-state index contributed by atoms with van der Waals surface area (Å²) in [6.07, 6.45) is 0. The molecule has 5 heteroatoms. The monoisotopic (exact) mass is 405 g/mol. The highest BCUT2D eigenvalue weighted by atomic mass is 32.2. The van der Waals surface area contributed by atoms with Gasteiger partial charge < -0.3 is 14.8 Å². The third-order valence-electron chi connectivity index (χ3n) is 4.78. The number of hydrogen-bond donors (Lipinski definition) is 1. The molecule has 29 heavy (non-hydrogen) atoms. The smallest absolute Gasteiger partial charge is 0.252 e. The van der Waals surface area contributed by atoms with Crippen molar-refractivity contribution in [2.45, 2.75) is 23.6 Å². The molecular formula is C24H23NO3S. The Morgan fingerprint density at radius 2 is 1.69 bits per heavy atom. The number of thioether (sulfide) groups is 1. The molecule has 0 saturated carbocycles. The summed E-state index contributed by atoms with van der Waals surface area (Å²) in [4.78, 5) is 13.9. The van der Waals surface area contributed by atoms with Crippen LogP contribution in [0.3, 0.4) is 0 Å². The van der Waals surface area contributed by atoms with E-state index in [4.69, 9.17) is 9.47 Å². The van der Waals surface area contributed by atoms with Crippen molar-refractivity contribution in [3.8, 4) is 11.5 Å². The lowest BCUT2D eigenvalue weighted by molar-refractivity contribution is 0.0936. The third kappa shape index (κ3) is 4.74. The van der Waals surface area contributed by atoms with Gasteiger partial charge in [0.25, 0.3) is 5.91 Å². The summed E-state index contributed by atoms with van der Waals surface area (Å²) >= 11 is 1.67. The minimum atomic E-state index is -0.148. The Labute approximate surface area is 175 Å². The predicted octanol–water partition coefficient (Wildman–Crippen LogP) is 5.24. The number of carbonyl (C=O) groups is 1. The Morgan fingerprint density at radius 1 is 0.966 bits per heavy atom. The van der Waals surface area contributed by atoms with Crippen LogP contribution in [0.1, 0.15) is 34.5 Å². The summed E-state index contributed by atoms with van der Waals surface area (Å²) in [5.74, 6) is 2.22. The second-order valence-electron chi connectivity index (χ2n) is 6.87. The van der Waals surface area contributed by atoms with Gasteiger partial charge in [0.1, 0.15) is 13.2 Å². The summed E-state index contributed by atoms with van der Waals surface area (Å²) in [6.45, 7) is 3.09. The van der Waals surface area contributed by atoms with Gasteiger partial charge in [-0.15, -0.1) is 11.8 Å². The van der Waals surface area contributed by atoms with Crippen molar-refractivity contribution in [2.24, 2.45) is 0 Å². The average Bonchev–Trinajstić information content (AvgIpc) is 2.78. The molecule has 0 unspecified atom stereocenters. The number of hydrogen-bond acceptors (Lipinski definition) is 4. The number of carbonyl (C=O) groups excluding carboxylic acids is 1. The molecule has 0 aromatic heterocycles. The Hall–Kier alpha value is -2.92. The van der Waals surface area contributed by atoms with E-state index in [9.17, 15) is 4.79 Å². The van der Waals surface area contributed by atoms with Crippen molar-refractivity contribution in [2.75, 3.05) is 13.2 Å². The second-order valence-corrected chi connectivity index (χ2v) is 7.89. The molecule has 0 bridgehead atoms. The largest absolute Gasteiger partial charge is 0.486 e. The van der Waals surface area contributed by atoms with E-state index >= 15 is 0 Å². The Balaban J connectivity index is 1.45. The normalized spacial score (nSPS) is 13.6. The van der Waals surface area contributed by atoms with Crippen molar-refractivity contribution in [1.82, 2.24) is 5.32 Å². The quantitative estimate of drug-likeness (QED) is 0.570. The summed E-state index contributed by atoms with van der Waals surface area (Å²) < 4.78 is 11.2. The van der Waals surface area contributed by atoms with Crippen LogP contribution >= 0.6 is 11.8 Å². The van der Waals surface area contributed by atoms with Crippen molar-refractivity contribution >= 4 is 17.7 Å². The van der Waals surface area contributed by atoms with Crippen LogP contribution in [0.15, 0.2) is 77.7 Å². The zero-order valence-electron chi connectivity index (χ0n) is 16.3. The van der Waals surface area contributed by atoms with Crippen molar-refractivity contribution in [3.05, 3.63) is 89.5 Å². The predicted molar refractivity (Wildman–Crippen MR) is 116 cm³/mol. The Morgan fingerprint density at radius 3 is 2.52 bits per heavy atom. The maximum atomic E-state index is 13.0. The van der Waals surface area contributed by atoms with Gasteiger partial charge in [-0.3, -0.25) is 4.79 Å². The van der Waals surface area contributed by atoms with E-state index in [-0.39, 0.29) is 11.9 Å². The van der Waals surface area contributed by atoms with Gasteiger partial charge in [-0.2, -0.15) is 0 Å². The third-order valence-corrected chi connectivity index (χ3v) is 5.93. The number of ether oxygens (including phenoxy) is 2. The van der Waals surface area contributed by atoms with Crippen LogP contribution in [0, 0.1) is 0 Å². The molecule has 0 radical (unpaired) electrons. The molecule has 3 aromatic rings. The number of benzene rings is 3. The highest BCUT2D eigenvalue weighted by Gasteiger charge is 2.18. The van der Waals surface area contributed by atoms with Gasteiger partial charge in [0.2, 0.25) is 0 Å². The molecule has 0 spiro atoms. The molecule has 4 rings (SSSR count). The van der Waals surface area contributed by atoms with E-state index < -0.39 is 0 Å². The molecule has 4 nitrogen and oxygen atoms in total. The van der Waals surface area contributed by atoms with Crippen LogP contribution in [0.2, 0.25) is 0 Å². The van der Waals surface area contributed by atoms with Gasteiger partial charge in [0.15, 0.2) is 11.5 Å². The van der Waals surface area contributed by atoms with Crippen LogP contribution in [-0.2, 0) is 5.75 Å². The maximum absolute atomic E-state index is 13.0. The molecule has 0 fully saturated rings. The molecule has 1 heterocycles. The van der Waals surface area contributed by atoms with E-state index in [2.05, 4.69) is 17.4 Å². The van der Waals surface area contributed by atoms with Crippen LogP contribution < -0.4 is 14.8 Å². The van der Waals surface area contributed by atoms with Gasteiger partial charge in [-0.1, -0.05) is 48.5 Å². The van der Waals surface area contributed by atoms with E-state index in [1.54, 1.807) is 11.8 Å². The molecule has 1 aliphatic heterocycles. The first-order chi connectivity index (χ1) is 14.2. The van der Waals surface area contributed by atoms with Gasteiger partial charge in [-0.25, -0.2) is 0 Å². The van der Waals surface area contributed by atoms with Crippen molar-refractivity contribution in [3.63, 3.8) is 0 Å². The molecule has 1 N–H and O–H groups in total. The van der Waals surface area contributed by atoms with Crippen LogP contribution in [-0.4, -0.2) is 19.1 Å². The van der Waals surface area contributed by atoms with E-state index in [1.807, 2.05) is 67.6 Å². The molecule has 1 aliphatic rings. The van der Waals surface area contributed by atoms with Gasteiger partial charge in [0, 0.05) is 10.6 Å². The minimum absolute atomic E-state index is 0.0800. The molecule has 148 valence electrons. The zero-order chi connectivity index (χ0) is 20.1. The Bertz CT molecular complexity index is 990. The summed E-state index contributed by atoms with van der Waals surface area (Å²) in [5, 5.41) is 3.11. The lowest BCUT2D eigenvalue weighted by Gasteiger charge is -2.21. The first kappa shape index (κ1) is 19.4. The number of nitrogens with one attached hydrogen (secondary N) is 1. The lowest BCUT2D eigenvalue weighted by Crippen LogP contribution is -2.27. The highest BCUT2D eigenvalue weighted by Crippen LogP contribution is 2.33. The fourth-order valence-electron chi connectivity index (χ4n) is 3.20. The van der Waals surface area contributed by atoms with Crippen molar-refractivity contribution in [1.29, 1.82) is 0 Å². The standard InChI is InChI=1S/C24H23NO3S/c1-17(19-11-12-21-22(15-19)28-14-13-27-21)25-24(26)20-9-5-6-10-23(20)29-16-18-7-3-2-4-8-18/h2-12,15,17H,13-14,16H2,1H3,(H,25,26)/t17-/m1/s1. The fourth-order valence-corrected chi connectivity index (χ4v) is 4.21. The topological polar surface area (TPSA) is 47.6 Å². The summed E-state index contributed by atoms with van der Waals surface area (Å²) in [6, 6.07) is 23.7. The zero-order valence-corrected chi connectivity index (χ0v) is 17.1.